The van der Waals surface area contributed by atoms with Crippen LogP contribution in [0.5, 0.6) is 0 Å². The Morgan fingerprint density at radius 1 is 0.714 bits per heavy atom. The smallest absolute Gasteiger partial charge is 0.0802 e. The van der Waals surface area contributed by atoms with Gasteiger partial charge in [-0.25, -0.2) is 0 Å². The molecule has 0 spiro atoms. The van der Waals surface area contributed by atoms with Crippen LogP contribution in [0.1, 0.15) is 26.7 Å². The molecular weight excluding hydrogens is 364 g/mol. The third kappa shape index (κ3) is 49.6. The van der Waals surface area contributed by atoms with Crippen molar-refractivity contribution in [1.29, 1.82) is 0 Å². The first-order valence-corrected chi connectivity index (χ1v) is 8.97. The van der Waals surface area contributed by atoms with E-state index in [2.05, 4.69) is 55.4 Å². The number of carboxylic acids is 2. The van der Waals surface area contributed by atoms with Crippen LogP contribution in [0.15, 0.2) is 24.3 Å². The normalized spacial score (nSPS) is 10.1. The molecule has 0 bridgehead atoms. The molecule has 0 aromatic heterocycles. The van der Waals surface area contributed by atoms with E-state index in [0.717, 1.165) is 34.9 Å². The summed E-state index contributed by atoms with van der Waals surface area (Å²) in [5, 5.41) is 35.8. The number of aliphatic hydroxyl groups excluding tert-OH is 2. The molecule has 168 valence electrons. The van der Waals surface area contributed by atoms with Crippen molar-refractivity contribution in [2.24, 2.45) is 0 Å². The molecule has 0 aliphatic rings. The lowest BCUT2D eigenvalue weighted by molar-refractivity contribution is -0.870. The molecule has 0 amide bonds. The molecule has 0 aliphatic carbocycles. The van der Waals surface area contributed by atoms with Gasteiger partial charge in [0.1, 0.15) is 0 Å². The maximum absolute atomic E-state index is 9.49. The molecule has 0 fully saturated rings. The van der Waals surface area contributed by atoms with Gasteiger partial charge in [-0.05, 0) is 25.0 Å². The van der Waals surface area contributed by atoms with E-state index in [1.54, 1.807) is 0 Å². The average Bonchev–Trinajstić information content (AvgIpc) is 2.51. The summed E-state index contributed by atoms with van der Waals surface area (Å²) in [6.07, 6.45) is 1.81. The van der Waals surface area contributed by atoms with Crippen molar-refractivity contribution >= 4 is 11.9 Å². The largest absolute Gasteiger partial charge is 0.545 e. The van der Waals surface area contributed by atoms with Gasteiger partial charge in [-0.1, -0.05) is 13.2 Å². The minimum Gasteiger partial charge on any atom is -0.545 e. The lowest BCUT2D eigenvalue weighted by Gasteiger charge is -2.22. The predicted octanol–water partition coefficient (Wildman–Crippen LogP) is -1.23. The van der Waals surface area contributed by atoms with Gasteiger partial charge in [0, 0.05) is 26.1 Å². The molecule has 0 saturated carbocycles. The number of aliphatic carboxylic acids is 2. The van der Waals surface area contributed by atoms with Gasteiger partial charge in [-0.2, -0.15) is 0 Å². The van der Waals surface area contributed by atoms with Crippen LogP contribution in [0.4, 0.5) is 0 Å². The van der Waals surface area contributed by atoms with Gasteiger partial charge >= 0.3 is 0 Å². The number of carbonyl (C=O) groups excluding carboxylic acids is 2. The number of nitrogens with zero attached hydrogens (tertiary/aromatic N) is 2. The van der Waals surface area contributed by atoms with Gasteiger partial charge in [0.05, 0.1) is 67.3 Å². The molecule has 0 unspecified atom stereocenters. The monoisotopic (exact) mass is 406 g/mol. The highest BCUT2D eigenvalue weighted by Gasteiger charge is 2.04. The molecule has 0 saturated heterocycles. The molecule has 0 rings (SSSR count). The quantitative estimate of drug-likeness (QED) is 0.385. The van der Waals surface area contributed by atoms with Crippen molar-refractivity contribution in [3.05, 3.63) is 24.3 Å². The number of rotatable bonds is 8. The van der Waals surface area contributed by atoms with Crippen molar-refractivity contribution in [3.8, 4) is 0 Å². The first-order valence-electron chi connectivity index (χ1n) is 8.97. The van der Waals surface area contributed by atoms with E-state index in [-0.39, 0.29) is 11.1 Å². The highest BCUT2D eigenvalue weighted by atomic mass is 16.4. The third-order valence-corrected chi connectivity index (χ3v) is 2.67. The minimum absolute atomic E-state index is 0.0648. The first-order chi connectivity index (χ1) is 12.4. The van der Waals surface area contributed by atoms with Gasteiger partial charge in [0.25, 0.3) is 0 Å². The summed E-state index contributed by atoms with van der Waals surface area (Å²) in [6, 6.07) is 0. The number of carbonyl (C=O) groups is 2. The van der Waals surface area contributed by atoms with Gasteiger partial charge in [-0.15, -0.1) is 0 Å². The van der Waals surface area contributed by atoms with E-state index < -0.39 is 11.9 Å². The van der Waals surface area contributed by atoms with Crippen molar-refractivity contribution in [2.45, 2.75) is 26.7 Å². The van der Waals surface area contributed by atoms with E-state index >= 15 is 0 Å². The third-order valence-electron chi connectivity index (χ3n) is 2.67. The molecule has 28 heavy (non-hydrogen) atoms. The SMILES string of the molecule is C=C(C)C(=O)[O-].C=C(C)C(=O)[O-].C[N+](C)(C)CCCO.C[N+](C)(C)CCCO. The summed E-state index contributed by atoms with van der Waals surface area (Å²) in [7, 11) is 12.7. The summed E-state index contributed by atoms with van der Waals surface area (Å²) in [5.74, 6) is -2.37. The van der Waals surface area contributed by atoms with Crippen molar-refractivity contribution in [1.82, 2.24) is 0 Å². The van der Waals surface area contributed by atoms with Gasteiger partial charge in [0.2, 0.25) is 0 Å². The molecule has 2 N–H and O–H groups in total. The standard InChI is InChI=1S/2C6H16NO.2C4H6O2/c2*1-7(2,3)5-4-6-8;2*1-3(2)4(5)6/h2*8H,4-6H2,1-3H3;2*1H2,2H3,(H,5,6)/q2*+1;;/p-2. The lowest BCUT2D eigenvalue weighted by atomic mass is 10.4. The molecule has 0 aromatic carbocycles. The Hall–Kier alpha value is -1.74. The fourth-order valence-electron chi connectivity index (χ4n) is 1.09. The Kier molecular flexibility index (Phi) is 22.5. The fourth-order valence-corrected chi connectivity index (χ4v) is 1.09. The molecule has 8 nitrogen and oxygen atoms in total. The van der Waals surface area contributed by atoms with Gasteiger partial charge in [-0.3, -0.25) is 0 Å². The Labute approximate surface area is 171 Å². The highest BCUT2D eigenvalue weighted by molar-refractivity contribution is 5.83. The summed E-state index contributed by atoms with van der Waals surface area (Å²) in [4.78, 5) is 19.0. The Morgan fingerprint density at radius 2 is 0.893 bits per heavy atom. The number of hydrogen-bond acceptors (Lipinski definition) is 6. The molecular formula is C20H42N2O6. The van der Waals surface area contributed by atoms with Gasteiger partial charge < -0.3 is 39.0 Å². The number of carboxylic acid groups (broad SMARTS) is 2. The van der Waals surface area contributed by atoms with E-state index in [1.807, 2.05) is 0 Å². The predicted molar refractivity (Wildman–Crippen MR) is 109 cm³/mol. The lowest BCUT2D eigenvalue weighted by Crippen LogP contribution is -2.35. The van der Waals surface area contributed by atoms with E-state index in [0.29, 0.717) is 13.2 Å². The average molecular weight is 407 g/mol. The number of aliphatic hydroxyl groups is 2. The summed E-state index contributed by atoms with van der Waals surface area (Å²) >= 11 is 0. The second-order valence-electron chi connectivity index (χ2n) is 8.32. The van der Waals surface area contributed by atoms with Crippen LogP contribution in [0.2, 0.25) is 0 Å². The molecule has 0 atom stereocenters. The Morgan fingerprint density at radius 3 is 0.929 bits per heavy atom. The second kappa shape index (κ2) is 18.6. The summed E-state index contributed by atoms with van der Waals surface area (Å²) < 4.78 is 1.89. The minimum atomic E-state index is -1.19. The summed E-state index contributed by atoms with van der Waals surface area (Å²) in [6.45, 7) is 11.7. The van der Waals surface area contributed by atoms with Crippen LogP contribution in [0.3, 0.4) is 0 Å². The topological polar surface area (TPSA) is 121 Å². The van der Waals surface area contributed by atoms with Crippen LogP contribution in [0.25, 0.3) is 0 Å². The Bertz CT molecular complexity index is 383. The first kappa shape index (κ1) is 33.8. The Balaban J connectivity index is -0.000000139. The molecule has 0 heterocycles. The number of hydrogen-bond donors (Lipinski definition) is 2. The van der Waals surface area contributed by atoms with Crippen molar-refractivity contribution < 1.29 is 39.0 Å². The number of quaternary nitrogens is 2. The zero-order valence-corrected chi connectivity index (χ0v) is 19.1. The summed E-state index contributed by atoms with van der Waals surface area (Å²) in [5.41, 5.74) is 0.130. The molecule has 0 radical (unpaired) electrons. The molecule has 0 aromatic rings. The van der Waals surface area contributed by atoms with E-state index in [9.17, 15) is 19.8 Å². The van der Waals surface area contributed by atoms with E-state index in [1.165, 1.54) is 13.8 Å². The van der Waals surface area contributed by atoms with Crippen LogP contribution in [-0.2, 0) is 9.59 Å². The zero-order chi connectivity index (χ0) is 23.6. The maximum Gasteiger partial charge on any atom is 0.0802 e. The van der Waals surface area contributed by atoms with E-state index in [4.69, 9.17) is 10.2 Å². The zero-order valence-electron chi connectivity index (χ0n) is 19.1. The molecule has 0 aliphatic heterocycles. The van der Waals surface area contributed by atoms with Crippen LogP contribution in [-0.4, -0.2) is 99.7 Å². The van der Waals surface area contributed by atoms with Crippen LogP contribution >= 0.6 is 0 Å². The van der Waals surface area contributed by atoms with Gasteiger partial charge in [0.15, 0.2) is 0 Å². The maximum atomic E-state index is 9.49. The highest BCUT2D eigenvalue weighted by Crippen LogP contribution is 1.91. The van der Waals surface area contributed by atoms with Crippen LogP contribution in [0, 0.1) is 0 Å². The second-order valence-corrected chi connectivity index (χ2v) is 8.32. The van der Waals surface area contributed by atoms with Crippen molar-refractivity contribution in [3.63, 3.8) is 0 Å². The molecule has 8 heteroatoms. The fraction of sp³-hybridized carbons (Fsp3) is 0.700. The van der Waals surface area contributed by atoms with Crippen LogP contribution < -0.4 is 10.2 Å². The van der Waals surface area contributed by atoms with Crippen molar-refractivity contribution in [2.75, 3.05) is 68.6 Å².